The molecule has 12 nitrogen and oxygen atoms in total. The smallest absolute Gasteiger partial charge is 0.759 e. The molecule has 0 heterocycles. The van der Waals surface area contributed by atoms with Gasteiger partial charge in [-0.3, -0.25) is 25.3 Å². The summed E-state index contributed by atoms with van der Waals surface area (Å²) < 4.78 is 102. The van der Waals surface area contributed by atoms with Gasteiger partial charge in [0.15, 0.2) is 0 Å². The van der Waals surface area contributed by atoms with E-state index >= 15 is 0 Å². The molecule has 0 bridgehead atoms. The van der Waals surface area contributed by atoms with Gasteiger partial charge in [0.05, 0.1) is 0 Å². The fraction of sp³-hybridized carbons (Fsp3) is 0. The normalized spacial score (nSPS) is 10.2. The van der Waals surface area contributed by atoms with Gasteiger partial charge in [0.2, 0.25) is 0 Å². The van der Waals surface area contributed by atoms with E-state index in [2.05, 4.69) is 0 Å². The van der Waals surface area contributed by atoms with Gasteiger partial charge in [-0.2, -0.15) is 0 Å². The predicted octanol–water partition coefficient (Wildman–Crippen LogP) is -4.39. The molecule has 0 aromatic rings. The van der Waals surface area contributed by atoms with E-state index in [-0.39, 0.29) is 55.4 Å². The maximum absolute atomic E-state index is 8.52. The number of hydrogen-bond donors (Lipinski definition) is 0. The first kappa shape index (κ1) is 31.1. The van der Waals surface area contributed by atoms with Gasteiger partial charge in [0.1, 0.15) is 0 Å². The average molecular weight is 497 g/mol. The van der Waals surface area contributed by atoms with Gasteiger partial charge in [-0.15, -0.1) is 0 Å². The summed E-state index contributed by atoms with van der Waals surface area (Å²) in [7, 11) is -15.5. The fourth-order valence-electron chi connectivity index (χ4n) is 0. The first-order valence-electron chi connectivity index (χ1n) is 2.00. The van der Waals surface area contributed by atoms with E-state index in [0.717, 1.165) is 0 Å². The van der Waals surface area contributed by atoms with Crippen molar-refractivity contribution in [2.24, 2.45) is 0 Å². The van der Waals surface area contributed by atoms with Gasteiger partial charge in [-0.05, 0) is 0 Å². The third kappa shape index (κ3) is 2000. The summed E-state index contributed by atoms with van der Waals surface area (Å²) in [5.74, 6) is 0. The molecule has 17 heavy (non-hydrogen) atoms. The summed E-state index contributed by atoms with van der Waals surface area (Å²) in [6.45, 7) is 0. The van der Waals surface area contributed by atoms with Crippen LogP contribution in [0, 0.1) is 35.6 Å². The van der Waals surface area contributed by atoms with E-state index in [1.807, 2.05) is 0 Å². The molecule has 0 rings (SSSR count). The van der Waals surface area contributed by atoms with Crippen LogP contribution in [0.4, 0.5) is 0 Å². The van der Waals surface area contributed by atoms with Gasteiger partial charge in [-0.1, -0.05) is 0 Å². The molecule has 0 atom stereocenters. The fourth-order valence-corrected chi connectivity index (χ4v) is 0. The molecule has 0 saturated carbocycles. The second-order valence-corrected chi connectivity index (χ2v) is 3.67. The van der Waals surface area contributed by atoms with Crippen LogP contribution in [0.2, 0.25) is 0 Å². The summed E-state index contributed by atoms with van der Waals surface area (Å²) >= 11 is 0. The van der Waals surface area contributed by atoms with Crippen molar-refractivity contribution in [3.63, 3.8) is 0 Å². The van der Waals surface area contributed by atoms with Crippen LogP contribution in [-0.4, -0.2) is 72.4 Å². The Morgan fingerprint density at radius 3 is 0.471 bits per heavy atom. The van der Waals surface area contributed by atoms with Crippen LogP contribution < -0.4 is 0 Å². The Bertz CT molecular complexity index is 343. The summed E-state index contributed by atoms with van der Waals surface area (Å²) in [6.07, 6.45) is 0. The van der Waals surface area contributed by atoms with E-state index in [1.54, 1.807) is 0 Å². The van der Waals surface area contributed by atoms with Gasteiger partial charge in [-0.25, -0.2) is 0 Å². The van der Waals surface area contributed by atoms with Crippen molar-refractivity contribution in [3.8, 4) is 0 Å². The summed E-state index contributed by atoms with van der Waals surface area (Å²) in [4.78, 5) is 0. The van der Waals surface area contributed by atoms with Crippen LogP contribution in [0.5, 0.6) is 0 Å². The van der Waals surface area contributed by atoms with Gasteiger partial charge in [0.25, 0.3) is 0 Å². The van der Waals surface area contributed by atoms with E-state index in [1.165, 1.54) is 0 Å². The van der Waals surface area contributed by atoms with Crippen molar-refractivity contribution in [2.75, 3.05) is 0 Å². The third-order valence-electron chi connectivity index (χ3n) is 0. The monoisotopic (exact) mass is 496 g/mol. The molecule has 0 unspecified atom stereocenters. The van der Waals surface area contributed by atoms with Gasteiger partial charge >= 0.3 is 55.4 Å². The third-order valence-corrected chi connectivity index (χ3v) is 0. The van der Waals surface area contributed by atoms with Crippen molar-refractivity contribution in [3.05, 3.63) is 0 Å². The Morgan fingerprint density at radius 1 is 0.471 bits per heavy atom. The Kier molecular flexibility index (Phi) is 22.8. The molecule has 0 aromatic carbocycles. The maximum atomic E-state index is 8.52. The van der Waals surface area contributed by atoms with Crippen LogP contribution in [0.1, 0.15) is 0 Å². The van der Waals surface area contributed by atoms with Crippen molar-refractivity contribution >= 4 is 51.0 Å². The van der Waals surface area contributed by atoms with Crippen LogP contribution in [-0.2, 0) is 31.2 Å². The van der Waals surface area contributed by atoms with E-state index < -0.39 is 31.2 Å². The van der Waals surface area contributed by atoms with Crippen LogP contribution in [0.25, 0.3) is 0 Å². The first-order chi connectivity index (χ1) is 6.00. The molecule has 0 N–H and O–H groups in total. The topological polar surface area (TPSA) is 241 Å². The van der Waals surface area contributed by atoms with E-state index in [4.69, 9.17) is 52.6 Å². The zero-order valence-electron chi connectivity index (χ0n) is 7.28. The van der Waals surface area contributed by atoms with E-state index in [9.17, 15) is 0 Å². The Balaban J connectivity index is -0.0000000400. The van der Waals surface area contributed by atoms with Crippen LogP contribution in [0.15, 0.2) is 0 Å². The molecule has 0 aromatic heterocycles. The molecule has 0 saturated heterocycles. The van der Waals surface area contributed by atoms with E-state index in [0.29, 0.717) is 0 Å². The largest absolute Gasteiger partial charge is 3.00 e. The molecule has 17 heteroatoms. The summed E-state index contributed by atoms with van der Waals surface area (Å²) in [5, 5.41) is 0. The molecule has 96 valence electrons. The van der Waals surface area contributed by atoms with Crippen LogP contribution in [0.3, 0.4) is 0 Å². The number of rotatable bonds is 0. The minimum Gasteiger partial charge on any atom is -0.759 e. The molecule has 0 fully saturated rings. The second-order valence-electron chi connectivity index (χ2n) is 1.22. The maximum Gasteiger partial charge on any atom is 3.00 e. The minimum atomic E-state index is -5.17. The Hall–Kier alpha value is 1.44. The predicted molar refractivity (Wildman–Crippen MR) is 37.2 cm³/mol. The Morgan fingerprint density at radius 2 is 0.471 bits per heavy atom. The van der Waals surface area contributed by atoms with Crippen molar-refractivity contribution < 1.29 is 88.2 Å². The molecule has 0 aliphatic carbocycles. The first-order valence-corrected chi connectivity index (χ1v) is 6.00. The Labute approximate surface area is 138 Å². The molecule has 0 amide bonds. The molecule has 0 aliphatic rings. The molecular weight excluding hydrogens is 497 g/mol. The quantitative estimate of drug-likeness (QED) is 0.175. The minimum absolute atomic E-state index is 0. The summed E-state index contributed by atoms with van der Waals surface area (Å²) in [5.41, 5.74) is 0. The number of hydrogen-bond acceptors (Lipinski definition) is 12. The molecule has 0 radical (unpaired) electrons. The van der Waals surface area contributed by atoms with Crippen LogP contribution >= 0.6 is 0 Å². The zero-order chi connectivity index (χ0) is 13.5. The second kappa shape index (κ2) is 12.5. The zero-order valence-corrected chi connectivity index (χ0v) is 15.8. The van der Waals surface area contributed by atoms with Crippen molar-refractivity contribution in [1.29, 1.82) is 0 Å². The molecule has 0 aliphatic heterocycles. The van der Waals surface area contributed by atoms with Gasteiger partial charge < -0.3 is 27.3 Å². The molecular formula is GaLaO12S3. The van der Waals surface area contributed by atoms with Crippen molar-refractivity contribution in [1.82, 2.24) is 0 Å². The average Bonchev–Trinajstić information content (AvgIpc) is 1.41. The van der Waals surface area contributed by atoms with Gasteiger partial charge in [0, 0.05) is 31.2 Å². The standard InChI is InChI=1S/Ga.La.3H2O4S/c;;3*1-5(2,3)4/h;;3*(H2,1,2,3,4)/q2*+3;;;/p-6. The van der Waals surface area contributed by atoms with Crippen molar-refractivity contribution in [2.45, 2.75) is 0 Å². The SMILES string of the molecule is O=S(=O)([O-])[O-].O=S(=O)([O-])[O-].O=S(=O)([O-])[O-].[Ga+3].[La+3]. The summed E-state index contributed by atoms with van der Waals surface area (Å²) in [6, 6.07) is 0. The molecule has 0 spiro atoms.